The molecule has 0 aliphatic carbocycles. The number of amides is 1. The van der Waals surface area contributed by atoms with Crippen LogP contribution in [0.3, 0.4) is 0 Å². The molecule has 1 N–H and O–H groups in total. The second-order valence-electron chi connectivity index (χ2n) is 7.42. The van der Waals surface area contributed by atoms with E-state index in [9.17, 15) is 9.59 Å². The maximum absolute atomic E-state index is 13.2. The van der Waals surface area contributed by atoms with Crippen molar-refractivity contribution in [2.45, 2.75) is 45.6 Å². The van der Waals surface area contributed by atoms with Crippen LogP contribution in [0.5, 0.6) is 0 Å². The highest BCUT2D eigenvalue weighted by Gasteiger charge is 2.26. The number of halogens is 1. The third-order valence-electron chi connectivity index (χ3n) is 5.44. The number of hydrogen-bond donors (Lipinski definition) is 1. The number of hydrogen-bond acceptors (Lipinski definition) is 4. The normalized spacial score (nSPS) is 14.9. The number of aromatic nitrogens is 2. The first-order valence-electron chi connectivity index (χ1n) is 10.1. The molecule has 1 aromatic carbocycles. The van der Waals surface area contributed by atoms with Crippen molar-refractivity contribution in [1.29, 1.82) is 0 Å². The number of unbranched alkanes of at least 4 members (excludes halogenated alkanes) is 2. The van der Waals surface area contributed by atoms with Gasteiger partial charge in [-0.2, -0.15) is 5.10 Å². The topological polar surface area (TPSA) is 67.2 Å². The predicted molar refractivity (Wildman–Crippen MR) is 115 cm³/mol. The zero-order valence-electron chi connectivity index (χ0n) is 16.8. The van der Waals surface area contributed by atoms with Gasteiger partial charge in [-0.15, -0.1) is 12.4 Å². The van der Waals surface area contributed by atoms with E-state index in [4.69, 9.17) is 0 Å². The summed E-state index contributed by atoms with van der Waals surface area (Å²) in [5, 5.41) is 8.97. The van der Waals surface area contributed by atoms with Crippen molar-refractivity contribution in [3.63, 3.8) is 0 Å². The van der Waals surface area contributed by atoms with Crippen molar-refractivity contribution >= 4 is 29.1 Å². The molecule has 28 heavy (non-hydrogen) atoms. The van der Waals surface area contributed by atoms with E-state index in [1.807, 2.05) is 30.1 Å². The van der Waals surface area contributed by atoms with Gasteiger partial charge in [0.25, 0.3) is 11.5 Å². The van der Waals surface area contributed by atoms with Gasteiger partial charge in [0.2, 0.25) is 0 Å². The van der Waals surface area contributed by atoms with Gasteiger partial charge in [0, 0.05) is 25.0 Å². The van der Waals surface area contributed by atoms with Gasteiger partial charge in [-0.3, -0.25) is 9.59 Å². The standard InChI is InChI=1S/C21H30N4O2.ClH/c1-3-4-7-12-25-20(26)18-9-6-5-8-17(18)19(23-25)21(27)24-13-10-16(11-14-24)15-22-2;/h5-6,8-9,16,22H,3-4,7,10-15H2,1-2H3;1H. The summed E-state index contributed by atoms with van der Waals surface area (Å²) in [7, 11) is 1.97. The third-order valence-corrected chi connectivity index (χ3v) is 5.44. The lowest BCUT2D eigenvalue weighted by Crippen LogP contribution is -2.41. The van der Waals surface area contributed by atoms with Gasteiger partial charge < -0.3 is 10.2 Å². The van der Waals surface area contributed by atoms with E-state index in [2.05, 4.69) is 17.3 Å². The first-order valence-corrected chi connectivity index (χ1v) is 10.1. The predicted octanol–water partition coefficient (Wildman–Crippen LogP) is 3.08. The highest BCUT2D eigenvalue weighted by molar-refractivity contribution is 6.04. The van der Waals surface area contributed by atoms with Gasteiger partial charge in [0.15, 0.2) is 5.69 Å². The SMILES string of the molecule is CCCCCn1nc(C(=O)N2CCC(CNC)CC2)c2ccccc2c1=O.Cl. The number of likely N-dealkylation sites (tertiary alicyclic amines) is 1. The molecule has 154 valence electrons. The summed E-state index contributed by atoms with van der Waals surface area (Å²) in [6.07, 6.45) is 5.02. The number of carbonyl (C=O) groups excluding carboxylic acids is 1. The Morgan fingerprint density at radius 3 is 2.50 bits per heavy atom. The van der Waals surface area contributed by atoms with E-state index in [0.29, 0.717) is 28.9 Å². The molecular formula is C21H31ClN4O2. The number of carbonyl (C=O) groups is 1. The molecule has 1 aromatic heterocycles. The monoisotopic (exact) mass is 406 g/mol. The van der Waals surface area contributed by atoms with E-state index >= 15 is 0 Å². The van der Waals surface area contributed by atoms with Crippen molar-refractivity contribution in [2.75, 3.05) is 26.7 Å². The van der Waals surface area contributed by atoms with Gasteiger partial charge >= 0.3 is 0 Å². The van der Waals surface area contributed by atoms with Crippen molar-refractivity contribution in [3.05, 3.63) is 40.3 Å². The Bertz CT molecular complexity index is 844. The van der Waals surface area contributed by atoms with Crippen LogP contribution in [-0.2, 0) is 6.54 Å². The summed E-state index contributed by atoms with van der Waals surface area (Å²) in [6, 6.07) is 7.34. The maximum atomic E-state index is 13.2. The summed E-state index contributed by atoms with van der Waals surface area (Å²) in [5.74, 6) is 0.560. The summed E-state index contributed by atoms with van der Waals surface area (Å²) >= 11 is 0. The molecule has 1 amide bonds. The fourth-order valence-electron chi connectivity index (χ4n) is 3.83. The molecule has 2 heterocycles. The fraction of sp³-hybridized carbons (Fsp3) is 0.571. The smallest absolute Gasteiger partial charge is 0.274 e. The van der Waals surface area contributed by atoms with Crippen LogP contribution in [-0.4, -0.2) is 47.3 Å². The van der Waals surface area contributed by atoms with Gasteiger partial charge in [0.1, 0.15) is 0 Å². The van der Waals surface area contributed by atoms with Crippen molar-refractivity contribution in [2.24, 2.45) is 5.92 Å². The number of aryl methyl sites for hydroxylation is 1. The van der Waals surface area contributed by atoms with Crippen molar-refractivity contribution in [1.82, 2.24) is 20.0 Å². The largest absolute Gasteiger partial charge is 0.337 e. The Morgan fingerprint density at radius 2 is 1.86 bits per heavy atom. The number of piperidine rings is 1. The molecule has 0 radical (unpaired) electrons. The number of fused-ring (bicyclic) bond motifs is 1. The minimum atomic E-state index is -0.106. The number of benzene rings is 1. The van der Waals surface area contributed by atoms with Crippen LogP contribution in [0.1, 0.15) is 49.5 Å². The average molecular weight is 407 g/mol. The lowest BCUT2D eigenvalue weighted by atomic mass is 9.96. The van der Waals surface area contributed by atoms with Gasteiger partial charge in [0.05, 0.1) is 5.39 Å². The molecule has 0 spiro atoms. The van der Waals surface area contributed by atoms with Crippen LogP contribution >= 0.6 is 12.4 Å². The Balaban J connectivity index is 0.00000280. The number of rotatable bonds is 7. The molecule has 6 nitrogen and oxygen atoms in total. The molecule has 0 bridgehead atoms. The van der Waals surface area contributed by atoms with Gasteiger partial charge in [-0.05, 0) is 44.8 Å². The molecule has 1 aliphatic heterocycles. The first kappa shape index (κ1) is 22.4. The molecule has 0 saturated carbocycles. The number of nitrogens with one attached hydrogen (secondary N) is 1. The molecule has 0 atom stereocenters. The summed E-state index contributed by atoms with van der Waals surface area (Å²) in [5.41, 5.74) is 0.305. The van der Waals surface area contributed by atoms with Gasteiger partial charge in [-0.25, -0.2) is 4.68 Å². The molecule has 0 unspecified atom stereocenters. The van der Waals surface area contributed by atoms with E-state index in [1.165, 1.54) is 4.68 Å². The van der Waals surface area contributed by atoms with E-state index < -0.39 is 0 Å². The van der Waals surface area contributed by atoms with Crippen LogP contribution < -0.4 is 10.9 Å². The molecule has 1 fully saturated rings. The van der Waals surface area contributed by atoms with E-state index in [0.717, 1.165) is 51.7 Å². The minimum Gasteiger partial charge on any atom is -0.337 e. The summed E-state index contributed by atoms with van der Waals surface area (Å²) in [6.45, 7) is 5.17. The van der Waals surface area contributed by atoms with Crippen LogP contribution in [0.25, 0.3) is 10.8 Å². The van der Waals surface area contributed by atoms with Crippen LogP contribution in [0.4, 0.5) is 0 Å². The zero-order valence-corrected chi connectivity index (χ0v) is 17.6. The molecule has 3 rings (SSSR count). The highest BCUT2D eigenvalue weighted by atomic mass is 35.5. The number of nitrogens with zero attached hydrogens (tertiary/aromatic N) is 3. The van der Waals surface area contributed by atoms with Crippen molar-refractivity contribution in [3.8, 4) is 0 Å². The van der Waals surface area contributed by atoms with Crippen LogP contribution in [0, 0.1) is 5.92 Å². The van der Waals surface area contributed by atoms with E-state index in [1.54, 1.807) is 6.07 Å². The first-order chi connectivity index (χ1) is 13.2. The Kier molecular flexibility index (Phi) is 8.45. The summed E-state index contributed by atoms with van der Waals surface area (Å²) in [4.78, 5) is 27.9. The molecule has 1 aliphatic rings. The average Bonchev–Trinajstić information content (AvgIpc) is 2.70. The Hall–Kier alpha value is -1.92. The maximum Gasteiger partial charge on any atom is 0.274 e. The lowest BCUT2D eigenvalue weighted by Gasteiger charge is -2.32. The molecule has 7 heteroatoms. The highest BCUT2D eigenvalue weighted by Crippen LogP contribution is 2.21. The Morgan fingerprint density at radius 1 is 1.18 bits per heavy atom. The van der Waals surface area contributed by atoms with Gasteiger partial charge in [-0.1, -0.05) is 38.0 Å². The quantitative estimate of drug-likeness (QED) is 0.717. The second-order valence-corrected chi connectivity index (χ2v) is 7.42. The molecular weight excluding hydrogens is 376 g/mol. The lowest BCUT2D eigenvalue weighted by molar-refractivity contribution is 0.0684. The second kappa shape index (κ2) is 10.6. The molecule has 1 saturated heterocycles. The fourth-order valence-corrected chi connectivity index (χ4v) is 3.83. The van der Waals surface area contributed by atoms with E-state index in [-0.39, 0.29) is 23.9 Å². The van der Waals surface area contributed by atoms with Crippen molar-refractivity contribution < 1.29 is 4.79 Å². The van der Waals surface area contributed by atoms with Crippen LogP contribution in [0.15, 0.2) is 29.1 Å². The summed E-state index contributed by atoms with van der Waals surface area (Å²) < 4.78 is 1.49. The zero-order chi connectivity index (χ0) is 19.2. The Labute approximate surface area is 172 Å². The molecule has 2 aromatic rings. The third kappa shape index (κ3) is 4.92. The van der Waals surface area contributed by atoms with Crippen LogP contribution in [0.2, 0.25) is 0 Å². The minimum absolute atomic E-state index is 0.